The van der Waals surface area contributed by atoms with Gasteiger partial charge in [-0.25, -0.2) is 4.98 Å². The third-order valence-corrected chi connectivity index (χ3v) is 7.34. The highest BCUT2D eigenvalue weighted by molar-refractivity contribution is 5.97. The largest absolute Gasteiger partial charge is 0.491 e. The van der Waals surface area contributed by atoms with E-state index in [4.69, 9.17) is 4.74 Å². The number of aromatic amines is 1. The van der Waals surface area contributed by atoms with Crippen molar-refractivity contribution in [3.05, 3.63) is 95.3 Å². The number of nitrogens with one attached hydrogen (secondary N) is 1. The monoisotopic (exact) mass is 496 g/mol. The molecule has 37 heavy (non-hydrogen) atoms. The second kappa shape index (κ2) is 11.6. The molecule has 1 aliphatic rings. The number of hydrogen-bond donors (Lipinski definition) is 1. The summed E-state index contributed by atoms with van der Waals surface area (Å²) in [5.41, 5.74) is 6.22. The molecule has 0 bridgehead atoms. The Labute approximate surface area is 219 Å². The molecule has 0 aliphatic carbocycles. The molecular weight excluding hydrogens is 460 g/mol. The molecule has 6 nitrogen and oxygen atoms in total. The molecule has 3 aromatic carbocycles. The van der Waals surface area contributed by atoms with Gasteiger partial charge in [0.05, 0.1) is 23.9 Å². The topological polar surface area (TPSA) is 61.5 Å². The molecule has 0 saturated carbocycles. The van der Waals surface area contributed by atoms with Crippen molar-refractivity contribution < 1.29 is 9.53 Å². The lowest BCUT2D eigenvalue weighted by molar-refractivity contribution is 0.0724. The number of carbonyl (C=O) groups excluding carboxylic acids is 1. The predicted octanol–water partition coefficient (Wildman–Crippen LogP) is 5.79. The quantitative estimate of drug-likeness (QED) is 0.381. The number of amides is 1. The minimum Gasteiger partial charge on any atom is -0.491 e. The van der Waals surface area contributed by atoms with E-state index in [1.54, 1.807) is 6.33 Å². The zero-order valence-electron chi connectivity index (χ0n) is 21.8. The van der Waals surface area contributed by atoms with Gasteiger partial charge in [-0.2, -0.15) is 0 Å². The maximum absolute atomic E-state index is 13.6. The van der Waals surface area contributed by atoms with Gasteiger partial charge in [-0.3, -0.25) is 4.79 Å². The van der Waals surface area contributed by atoms with Crippen molar-refractivity contribution in [2.24, 2.45) is 0 Å². The van der Waals surface area contributed by atoms with Gasteiger partial charge in [0.15, 0.2) is 0 Å². The number of H-pyrrole nitrogens is 1. The van der Waals surface area contributed by atoms with Crippen LogP contribution in [0.1, 0.15) is 52.2 Å². The van der Waals surface area contributed by atoms with E-state index in [9.17, 15) is 4.79 Å². The van der Waals surface area contributed by atoms with Gasteiger partial charge in [-0.05, 0) is 75.5 Å². The van der Waals surface area contributed by atoms with Crippen LogP contribution in [0.15, 0.2) is 73.1 Å². The molecule has 0 spiro atoms. The Bertz CT molecular complexity index is 1330. The summed E-state index contributed by atoms with van der Waals surface area (Å²) in [4.78, 5) is 25.4. The fraction of sp³-hybridized carbons (Fsp3) is 0.355. The first-order valence-corrected chi connectivity index (χ1v) is 13.2. The van der Waals surface area contributed by atoms with Crippen molar-refractivity contribution >= 4 is 16.9 Å². The summed E-state index contributed by atoms with van der Waals surface area (Å²) in [6, 6.07) is 22.9. The average Bonchev–Trinajstić information content (AvgIpc) is 3.38. The molecule has 2 heterocycles. The van der Waals surface area contributed by atoms with E-state index in [2.05, 4.69) is 77.4 Å². The first kappa shape index (κ1) is 25.0. The number of ether oxygens (including phenoxy) is 1. The third-order valence-electron chi connectivity index (χ3n) is 7.34. The Morgan fingerprint density at radius 3 is 2.73 bits per heavy atom. The van der Waals surface area contributed by atoms with Crippen molar-refractivity contribution in [1.29, 1.82) is 0 Å². The van der Waals surface area contributed by atoms with Crippen LogP contribution in [0.25, 0.3) is 11.0 Å². The Hall–Kier alpha value is -3.64. The van der Waals surface area contributed by atoms with E-state index in [1.807, 2.05) is 23.1 Å². The molecule has 0 radical (unpaired) electrons. The fourth-order valence-corrected chi connectivity index (χ4v) is 5.28. The number of hydrogen-bond acceptors (Lipinski definition) is 4. The minimum absolute atomic E-state index is 0.0346. The van der Waals surface area contributed by atoms with Crippen molar-refractivity contribution in [1.82, 2.24) is 19.8 Å². The number of benzene rings is 3. The second-order valence-corrected chi connectivity index (χ2v) is 10.2. The molecule has 1 unspecified atom stereocenters. The number of carbonyl (C=O) groups is 1. The van der Waals surface area contributed by atoms with E-state index in [-0.39, 0.29) is 5.91 Å². The Morgan fingerprint density at radius 2 is 1.86 bits per heavy atom. The summed E-state index contributed by atoms with van der Waals surface area (Å²) >= 11 is 0. The Morgan fingerprint density at radius 1 is 1.00 bits per heavy atom. The van der Waals surface area contributed by atoms with Gasteiger partial charge in [0.2, 0.25) is 0 Å². The lowest BCUT2D eigenvalue weighted by atomic mass is 9.91. The molecule has 1 atom stereocenters. The van der Waals surface area contributed by atoms with Gasteiger partial charge in [-0.1, -0.05) is 48.0 Å². The van der Waals surface area contributed by atoms with Crippen LogP contribution in [0.5, 0.6) is 5.75 Å². The third kappa shape index (κ3) is 6.20. The number of fused-ring (bicyclic) bond motifs is 2. The van der Waals surface area contributed by atoms with E-state index in [0.29, 0.717) is 31.2 Å². The number of imidazole rings is 1. The molecule has 0 saturated heterocycles. The summed E-state index contributed by atoms with van der Waals surface area (Å²) < 4.78 is 6.26. The number of rotatable bonds is 2. The van der Waals surface area contributed by atoms with Gasteiger partial charge < -0.3 is 19.5 Å². The summed E-state index contributed by atoms with van der Waals surface area (Å²) in [5.74, 6) is 1.39. The number of nitrogens with zero attached hydrogens (tertiary/aromatic N) is 3. The van der Waals surface area contributed by atoms with Crippen molar-refractivity contribution in [2.45, 2.75) is 38.6 Å². The van der Waals surface area contributed by atoms with Gasteiger partial charge >= 0.3 is 0 Å². The van der Waals surface area contributed by atoms with Crippen molar-refractivity contribution in [3.8, 4) is 5.75 Å². The molecule has 4 aromatic rings. The molecular formula is C31H36N4O2. The highest BCUT2D eigenvalue weighted by atomic mass is 16.5. The lowest BCUT2D eigenvalue weighted by Crippen LogP contribution is -2.36. The standard InChI is InChI=1S/C31H36N4O2/c1-23-10-13-30-27(19-23)21-34(2)16-14-25(24-7-4-3-5-8-24)9-6-15-35(17-18-37-30)31(36)26-11-12-28-29(20-26)33-22-32-28/h3-5,7-8,10-13,19-20,22,25H,6,9,14-18,21H2,1-2H3,(H,32,33). The normalized spacial score (nSPS) is 18.1. The van der Waals surface area contributed by atoms with Crippen LogP contribution >= 0.6 is 0 Å². The van der Waals surface area contributed by atoms with Crippen molar-refractivity contribution in [3.63, 3.8) is 0 Å². The van der Waals surface area contributed by atoms with Crippen LogP contribution in [0.3, 0.4) is 0 Å². The molecule has 5 rings (SSSR count). The second-order valence-electron chi connectivity index (χ2n) is 10.2. The van der Waals surface area contributed by atoms with Crippen LogP contribution in [0.2, 0.25) is 0 Å². The Kier molecular flexibility index (Phi) is 7.85. The summed E-state index contributed by atoms with van der Waals surface area (Å²) in [6.45, 7) is 5.65. The molecule has 0 fully saturated rings. The van der Waals surface area contributed by atoms with Crippen molar-refractivity contribution in [2.75, 3.05) is 33.3 Å². The van der Waals surface area contributed by atoms with Gasteiger partial charge in [-0.15, -0.1) is 0 Å². The molecule has 1 aromatic heterocycles. The fourth-order valence-electron chi connectivity index (χ4n) is 5.28. The van der Waals surface area contributed by atoms with Gasteiger partial charge in [0.25, 0.3) is 5.91 Å². The SMILES string of the molecule is Cc1ccc2c(c1)CN(C)CCC(c1ccccc1)CCCN(C(=O)c1ccc3nc[nH]c3c1)CCO2. The molecule has 192 valence electrons. The maximum atomic E-state index is 13.6. The van der Waals surface area contributed by atoms with E-state index >= 15 is 0 Å². The number of aryl methyl sites for hydroxylation is 1. The van der Waals surface area contributed by atoms with Crippen LogP contribution in [0.4, 0.5) is 0 Å². The molecule has 1 aliphatic heterocycles. The summed E-state index contributed by atoms with van der Waals surface area (Å²) in [5, 5.41) is 0. The lowest BCUT2D eigenvalue weighted by Gasteiger charge is -2.27. The average molecular weight is 497 g/mol. The van der Waals surface area contributed by atoms with Crippen LogP contribution < -0.4 is 4.74 Å². The zero-order valence-corrected chi connectivity index (χ0v) is 21.8. The van der Waals surface area contributed by atoms with Gasteiger partial charge in [0, 0.05) is 24.2 Å². The first-order chi connectivity index (χ1) is 18.1. The van der Waals surface area contributed by atoms with E-state index in [0.717, 1.165) is 49.1 Å². The van der Waals surface area contributed by atoms with Gasteiger partial charge in [0.1, 0.15) is 12.4 Å². The maximum Gasteiger partial charge on any atom is 0.254 e. The van der Waals surface area contributed by atoms with E-state index < -0.39 is 0 Å². The molecule has 1 amide bonds. The van der Waals surface area contributed by atoms with E-state index in [1.165, 1.54) is 16.7 Å². The highest BCUT2D eigenvalue weighted by Crippen LogP contribution is 2.27. The summed E-state index contributed by atoms with van der Waals surface area (Å²) in [6.07, 6.45) is 4.72. The summed E-state index contributed by atoms with van der Waals surface area (Å²) in [7, 11) is 2.19. The minimum atomic E-state index is 0.0346. The van der Waals surface area contributed by atoms with Crippen LogP contribution in [-0.2, 0) is 6.54 Å². The highest BCUT2D eigenvalue weighted by Gasteiger charge is 2.20. The Balaban J connectivity index is 1.40. The van der Waals surface area contributed by atoms with Crippen LogP contribution in [-0.4, -0.2) is 59.0 Å². The molecule has 1 N–H and O–H groups in total. The first-order valence-electron chi connectivity index (χ1n) is 13.2. The predicted molar refractivity (Wildman–Crippen MR) is 148 cm³/mol. The zero-order chi connectivity index (χ0) is 25.6. The number of aromatic nitrogens is 2. The molecule has 6 heteroatoms. The van der Waals surface area contributed by atoms with Crippen LogP contribution in [0, 0.1) is 6.92 Å². The smallest absolute Gasteiger partial charge is 0.254 e.